The molecular weight excluding hydrogens is 344 g/mol. The Morgan fingerprint density at radius 1 is 1.19 bits per heavy atom. The number of rotatable bonds is 8. The van der Waals surface area contributed by atoms with Crippen LogP contribution in [0.4, 0.5) is 5.69 Å². The van der Waals surface area contributed by atoms with E-state index in [4.69, 9.17) is 15.2 Å². The quantitative estimate of drug-likeness (QED) is 0.435. The molecule has 0 saturated heterocycles. The van der Waals surface area contributed by atoms with Crippen LogP contribution in [0, 0.1) is 0 Å². The van der Waals surface area contributed by atoms with E-state index in [0.29, 0.717) is 16.6 Å². The molecule has 0 aliphatic carbocycles. The highest BCUT2D eigenvalue weighted by molar-refractivity contribution is 5.90. The van der Waals surface area contributed by atoms with Crippen molar-refractivity contribution >= 4 is 23.1 Å². The van der Waals surface area contributed by atoms with E-state index in [9.17, 15) is 9.59 Å². The Morgan fingerprint density at radius 2 is 1.93 bits per heavy atom. The number of nitrogens with two attached hydrogens (primary N) is 1. The Hall–Kier alpha value is -3.02. The maximum atomic E-state index is 12.5. The Balaban J connectivity index is 2.34. The first-order valence-electron chi connectivity index (χ1n) is 8.79. The third-order valence-electron chi connectivity index (χ3n) is 4.25. The Labute approximate surface area is 158 Å². The summed E-state index contributed by atoms with van der Waals surface area (Å²) in [6.07, 6.45) is 6.05. The molecule has 0 bridgehead atoms. The molecule has 0 unspecified atom stereocenters. The fourth-order valence-electron chi connectivity index (χ4n) is 2.75. The molecule has 0 fully saturated rings. The maximum Gasteiger partial charge on any atom is 0.298 e. The van der Waals surface area contributed by atoms with Gasteiger partial charge in [0.05, 0.1) is 5.52 Å². The van der Waals surface area contributed by atoms with Gasteiger partial charge in [-0.25, -0.2) is 0 Å². The third-order valence-corrected chi connectivity index (χ3v) is 4.25. The minimum absolute atomic E-state index is 0.125. The lowest BCUT2D eigenvalue weighted by atomic mass is 10.1. The zero-order valence-electron chi connectivity index (χ0n) is 16.2. The van der Waals surface area contributed by atoms with Gasteiger partial charge in [0.2, 0.25) is 5.75 Å². The van der Waals surface area contributed by atoms with Crippen LogP contribution in [0.1, 0.15) is 33.6 Å². The van der Waals surface area contributed by atoms with E-state index < -0.39 is 5.56 Å². The zero-order valence-corrected chi connectivity index (χ0v) is 16.2. The molecule has 0 saturated carbocycles. The zero-order chi connectivity index (χ0) is 20.0. The van der Waals surface area contributed by atoms with E-state index in [2.05, 4.69) is 19.9 Å². The smallest absolute Gasteiger partial charge is 0.298 e. The summed E-state index contributed by atoms with van der Waals surface area (Å²) in [7, 11) is 1.60. The number of ether oxygens (including phenoxy) is 2. The minimum Gasteiger partial charge on any atom is -0.485 e. The van der Waals surface area contributed by atoms with Crippen molar-refractivity contribution in [3.05, 3.63) is 51.9 Å². The van der Waals surface area contributed by atoms with E-state index in [0.717, 1.165) is 12.8 Å². The topological polar surface area (TPSA) is 83.5 Å². The summed E-state index contributed by atoms with van der Waals surface area (Å²) in [4.78, 5) is 23.4. The van der Waals surface area contributed by atoms with Gasteiger partial charge in [-0.2, -0.15) is 0 Å². The van der Waals surface area contributed by atoms with E-state index in [1.54, 1.807) is 25.2 Å². The van der Waals surface area contributed by atoms with Crippen molar-refractivity contribution in [1.82, 2.24) is 4.57 Å². The minimum atomic E-state index is -0.459. The number of anilines is 1. The van der Waals surface area contributed by atoms with Gasteiger partial charge in [-0.05, 0) is 57.9 Å². The average Bonchev–Trinajstić information content (AvgIpc) is 2.61. The van der Waals surface area contributed by atoms with Crippen LogP contribution in [-0.2, 0) is 11.8 Å². The first kappa shape index (κ1) is 20.3. The third kappa shape index (κ3) is 5.00. The van der Waals surface area contributed by atoms with Crippen LogP contribution in [0.15, 0.2) is 46.3 Å². The summed E-state index contributed by atoms with van der Waals surface area (Å²) in [5.41, 5.74) is 8.99. The second-order valence-electron chi connectivity index (χ2n) is 6.69. The van der Waals surface area contributed by atoms with Gasteiger partial charge in [-0.3, -0.25) is 9.59 Å². The number of hydrogen-bond donors (Lipinski definition) is 1. The molecule has 0 radical (unpaired) electrons. The second kappa shape index (κ2) is 9.07. The summed E-state index contributed by atoms with van der Waals surface area (Å²) in [5, 5.41) is 0.652. The van der Waals surface area contributed by atoms with Crippen molar-refractivity contribution in [2.45, 2.75) is 33.6 Å². The number of pyridine rings is 1. The molecule has 6 nitrogen and oxygen atoms in total. The van der Waals surface area contributed by atoms with Crippen molar-refractivity contribution < 1.29 is 14.3 Å². The fraction of sp³-hybridized carbons (Fsp3) is 0.333. The van der Waals surface area contributed by atoms with Crippen molar-refractivity contribution in [2.24, 2.45) is 7.05 Å². The molecule has 6 heteroatoms. The van der Waals surface area contributed by atoms with Crippen LogP contribution < -0.4 is 20.8 Å². The monoisotopic (exact) mass is 370 g/mol. The van der Waals surface area contributed by atoms with Crippen molar-refractivity contribution in [2.75, 3.05) is 12.3 Å². The Kier molecular flexibility index (Phi) is 6.82. The SMILES string of the molecule is CC(C)=CCC/C(C)=C/COc1c(OC=O)c(=O)n(C)c2cc(N)ccc12. The van der Waals surface area contributed by atoms with Gasteiger partial charge in [0, 0.05) is 18.1 Å². The van der Waals surface area contributed by atoms with Crippen LogP contribution in [0.2, 0.25) is 0 Å². The van der Waals surface area contributed by atoms with Crippen LogP contribution in [-0.4, -0.2) is 17.6 Å². The van der Waals surface area contributed by atoms with Crippen LogP contribution in [0.3, 0.4) is 0 Å². The molecule has 0 aliphatic rings. The predicted molar refractivity (Wildman–Crippen MR) is 108 cm³/mol. The van der Waals surface area contributed by atoms with Crippen molar-refractivity contribution in [3.8, 4) is 11.5 Å². The molecule has 2 rings (SSSR count). The number of nitrogen functional groups attached to an aromatic ring is 1. The molecular formula is C21H26N2O4. The van der Waals surface area contributed by atoms with Gasteiger partial charge in [0.15, 0.2) is 5.75 Å². The lowest BCUT2D eigenvalue weighted by Gasteiger charge is -2.15. The molecule has 144 valence electrons. The first-order chi connectivity index (χ1) is 12.8. The van der Waals surface area contributed by atoms with Crippen molar-refractivity contribution in [3.63, 3.8) is 0 Å². The number of aromatic nitrogens is 1. The summed E-state index contributed by atoms with van der Waals surface area (Å²) >= 11 is 0. The second-order valence-corrected chi connectivity index (χ2v) is 6.69. The lowest BCUT2D eigenvalue weighted by molar-refractivity contribution is -0.120. The van der Waals surface area contributed by atoms with Crippen LogP contribution in [0.5, 0.6) is 11.5 Å². The highest BCUT2D eigenvalue weighted by atomic mass is 16.5. The number of fused-ring (bicyclic) bond motifs is 1. The Morgan fingerprint density at radius 3 is 2.59 bits per heavy atom. The van der Waals surface area contributed by atoms with Gasteiger partial charge in [0.25, 0.3) is 12.0 Å². The number of aryl methyl sites for hydroxylation is 1. The maximum absolute atomic E-state index is 12.5. The number of allylic oxidation sites excluding steroid dienone is 3. The summed E-state index contributed by atoms with van der Waals surface area (Å²) in [6, 6.07) is 5.15. The highest BCUT2D eigenvalue weighted by Gasteiger charge is 2.18. The Bertz CT molecular complexity index is 951. The van der Waals surface area contributed by atoms with Gasteiger partial charge in [0.1, 0.15) is 6.61 Å². The number of carbonyl (C=O) groups excluding carboxylic acids is 1. The molecule has 0 atom stereocenters. The first-order valence-corrected chi connectivity index (χ1v) is 8.79. The summed E-state index contributed by atoms with van der Waals surface area (Å²) in [6.45, 7) is 6.68. The van der Waals surface area contributed by atoms with Crippen LogP contribution >= 0.6 is 0 Å². The molecule has 1 heterocycles. The lowest BCUT2D eigenvalue weighted by Crippen LogP contribution is -2.21. The molecule has 2 aromatic rings. The average molecular weight is 370 g/mol. The van der Waals surface area contributed by atoms with Crippen molar-refractivity contribution in [1.29, 1.82) is 0 Å². The molecule has 27 heavy (non-hydrogen) atoms. The fourth-order valence-corrected chi connectivity index (χ4v) is 2.75. The number of nitrogens with zero attached hydrogens (tertiary/aromatic N) is 1. The summed E-state index contributed by atoms with van der Waals surface area (Å²) in [5.74, 6) is 0.119. The van der Waals surface area contributed by atoms with Gasteiger partial charge >= 0.3 is 0 Å². The van der Waals surface area contributed by atoms with Crippen LogP contribution in [0.25, 0.3) is 10.9 Å². The molecule has 2 N–H and O–H groups in total. The van der Waals surface area contributed by atoms with E-state index in [1.807, 2.05) is 13.0 Å². The van der Waals surface area contributed by atoms with Gasteiger partial charge in [-0.1, -0.05) is 17.2 Å². The molecule has 0 aliphatic heterocycles. The summed E-state index contributed by atoms with van der Waals surface area (Å²) < 4.78 is 12.2. The molecule has 0 amide bonds. The molecule has 1 aromatic carbocycles. The molecule has 1 aromatic heterocycles. The van der Waals surface area contributed by atoms with Gasteiger partial charge < -0.3 is 19.8 Å². The standard InChI is InChI=1S/C21H26N2O4/c1-14(2)6-5-7-15(3)10-11-26-19-17-9-8-16(22)12-18(17)23(4)21(25)20(19)27-13-24/h6,8-10,12-13H,5,7,11,22H2,1-4H3/b15-10+. The normalized spacial score (nSPS) is 11.3. The predicted octanol–water partition coefficient (Wildman–Crippen LogP) is 3.73. The largest absolute Gasteiger partial charge is 0.485 e. The number of carbonyl (C=O) groups is 1. The van der Waals surface area contributed by atoms with E-state index >= 15 is 0 Å². The molecule has 0 spiro atoms. The number of hydrogen-bond acceptors (Lipinski definition) is 5. The van der Waals surface area contributed by atoms with E-state index in [-0.39, 0.29) is 24.6 Å². The number of benzene rings is 1. The van der Waals surface area contributed by atoms with E-state index in [1.165, 1.54) is 15.7 Å². The van der Waals surface area contributed by atoms with Gasteiger partial charge in [-0.15, -0.1) is 0 Å². The highest BCUT2D eigenvalue weighted by Crippen LogP contribution is 2.33.